The van der Waals surface area contributed by atoms with Crippen molar-refractivity contribution in [2.45, 2.75) is 0 Å². The number of benzene rings is 12. The molecule has 12 aromatic carbocycles. The van der Waals surface area contributed by atoms with Gasteiger partial charge < -0.3 is 4.42 Å². The lowest BCUT2D eigenvalue weighted by molar-refractivity contribution is 0.669. The van der Waals surface area contributed by atoms with Crippen LogP contribution in [0.4, 0.5) is 0 Å². The summed E-state index contributed by atoms with van der Waals surface area (Å²) in [7, 11) is 42.9. The van der Waals surface area contributed by atoms with Gasteiger partial charge in [0.2, 0.25) is 0 Å². The zero-order valence-electron chi connectivity index (χ0n) is 47.5. The molecule has 75 heavy (non-hydrogen) atoms. The number of para-hydroxylation sites is 1. The van der Waals surface area contributed by atoms with E-state index in [1.807, 2.05) is 0 Å². The second kappa shape index (κ2) is 16.6. The fourth-order valence-corrected chi connectivity index (χ4v) is 15.1. The van der Waals surface area contributed by atoms with E-state index >= 15 is 0 Å². The van der Waals surface area contributed by atoms with E-state index in [0.717, 1.165) is 21.9 Å². The Kier molecular flexibility index (Phi) is 10.7. The summed E-state index contributed by atoms with van der Waals surface area (Å²) in [5, 5.41) is 19.3. The largest absolute Gasteiger partial charge is 0.456 e. The lowest BCUT2D eigenvalue weighted by atomic mass is 9.57. The molecule has 1 aromatic heterocycles. The maximum atomic E-state index is 6.54. The van der Waals surface area contributed by atoms with Crippen LogP contribution in [0.3, 0.4) is 0 Å². The van der Waals surface area contributed by atoms with Gasteiger partial charge in [-0.2, -0.15) is 0 Å². The first-order valence-corrected chi connectivity index (χ1v) is 27.3. The predicted octanol–water partition coefficient (Wildman–Crippen LogP) is -15.3. The van der Waals surface area contributed by atoms with E-state index in [2.05, 4.69) is 226 Å². The Morgan fingerprint density at radius 1 is 0.213 bits per heavy atom. The minimum absolute atomic E-state index is 0.907. The first-order valence-electron chi connectivity index (χ1n) is 27.3. The number of hydrogen-bond donors (Lipinski definition) is 0. The van der Waals surface area contributed by atoms with Crippen molar-refractivity contribution in [1.82, 2.24) is 0 Å². The first-order chi connectivity index (χ1) is 35.8. The standard InChI is InChI=1S/C56H50B18O/c57-39-25(31-27-29-35(45(63)41(31)59)51(69)55(73)53(71)37(29)49(67)47(65)33(27)43(39)61)17-13-19(16-10-11-23-20(12-16)18-8-4-5-9-22(18)75-23)24(15-6-2-1-3-7-15)21(14-17)26-32-28-30-36(46(64)42(32)60)52(70)56(74)54(72)38(30)50(68)48(66)34(28)44(62)40(26)58/h1-14H,57-74H2. The third-order valence-corrected chi connectivity index (χ3v) is 20.1. The Morgan fingerprint density at radius 3 is 1.07 bits per heavy atom. The summed E-state index contributed by atoms with van der Waals surface area (Å²) >= 11 is 0. The molecule has 19 heteroatoms. The molecule has 0 saturated heterocycles. The topological polar surface area (TPSA) is 13.1 Å². The van der Waals surface area contributed by atoms with Crippen molar-refractivity contribution in [2.24, 2.45) is 0 Å². The molecule has 1 nitrogen and oxygen atoms in total. The third-order valence-electron chi connectivity index (χ3n) is 20.1. The van der Waals surface area contributed by atoms with Crippen LogP contribution in [0, 0.1) is 0 Å². The van der Waals surface area contributed by atoms with E-state index in [1.54, 1.807) is 0 Å². The number of hydrogen-bond acceptors (Lipinski definition) is 1. The van der Waals surface area contributed by atoms with Crippen LogP contribution >= 0.6 is 0 Å². The van der Waals surface area contributed by atoms with Crippen molar-refractivity contribution in [3.63, 3.8) is 0 Å². The molecule has 13 aromatic rings. The highest BCUT2D eigenvalue weighted by Gasteiger charge is 2.30. The van der Waals surface area contributed by atoms with Gasteiger partial charge in [-0.1, -0.05) is 142 Å². The summed E-state index contributed by atoms with van der Waals surface area (Å²) in [5.41, 5.74) is 36.8. The van der Waals surface area contributed by atoms with E-state index in [9.17, 15) is 0 Å². The molecular formula is C56H50B18O. The highest BCUT2D eigenvalue weighted by atomic mass is 16.3. The second-order valence-electron chi connectivity index (χ2n) is 23.1. The summed E-state index contributed by atoms with van der Waals surface area (Å²) in [6.45, 7) is 0. The van der Waals surface area contributed by atoms with Gasteiger partial charge in [0.25, 0.3) is 0 Å². The van der Waals surface area contributed by atoms with Crippen molar-refractivity contribution in [3.05, 3.63) is 84.9 Å². The van der Waals surface area contributed by atoms with E-state index < -0.39 is 0 Å². The molecule has 1 heterocycles. The number of fused-ring (bicyclic) bond motifs is 3. The van der Waals surface area contributed by atoms with Crippen LogP contribution in [0.5, 0.6) is 0 Å². The van der Waals surface area contributed by atoms with Crippen LogP contribution in [0.15, 0.2) is 89.3 Å². The average Bonchev–Trinajstić information content (AvgIpc) is 3.88. The quantitative estimate of drug-likeness (QED) is 0.127. The van der Waals surface area contributed by atoms with Crippen molar-refractivity contribution in [2.75, 3.05) is 0 Å². The third kappa shape index (κ3) is 6.16. The van der Waals surface area contributed by atoms with Crippen molar-refractivity contribution < 1.29 is 4.42 Å². The molecule has 0 saturated carbocycles. The SMILES string of the molecule is Bc1c(B)c2c(B)c(B)c3c(B)c(B)c(-c4cc(-c5ccc6oc7ccccc7c6c5)c(-c5ccccc5)c(-c5c(B)c(B)c6c(B)c(B)c7c(B)c(B)c(B)c8c(B)c(B)c5c6c78)c4)c4c(B)c(B)c(c1B)c2c34. The summed E-state index contributed by atoms with van der Waals surface area (Å²) < 4.78 is 6.54. The van der Waals surface area contributed by atoms with Gasteiger partial charge in [-0.05, 0) is 139 Å². The Hall–Kier alpha value is -6.31. The van der Waals surface area contributed by atoms with Gasteiger partial charge in [0.15, 0.2) is 0 Å². The van der Waals surface area contributed by atoms with E-state index in [-0.39, 0.29) is 0 Å². The molecule has 0 bridgehead atoms. The summed E-state index contributed by atoms with van der Waals surface area (Å²) in [4.78, 5) is 0. The fraction of sp³-hybridized carbons (Fsp3) is 0. The summed E-state index contributed by atoms with van der Waals surface area (Å²) in [6, 6.07) is 31.9. The molecule has 0 spiro atoms. The highest BCUT2D eigenvalue weighted by molar-refractivity contribution is 6.77. The van der Waals surface area contributed by atoms with Crippen molar-refractivity contribution in [1.29, 1.82) is 0 Å². The van der Waals surface area contributed by atoms with E-state index in [4.69, 9.17) is 4.42 Å². The van der Waals surface area contributed by atoms with Crippen molar-refractivity contribution >= 4 is 326 Å². The Bertz CT molecular complexity index is 4750. The molecule has 13 rings (SSSR count). The minimum Gasteiger partial charge on any atom is -0.456 e. The Morgan fingerprint density at radius 2 is 0.573 bits per heavy atom. The first kappa shape index (κ1) is 48.3. The zero-order valence-corrected chi connectivity index (χ0v) is 47.5. The minimum atomic E-state index is 0.907. The highest BCUT2D eigenvalue weighted by Crippen LogP contribution is 2.47. The predicted molar refractivity (Wildman–Crippen MR) is 390 cm³/mol. The van der Waals surface area contributed by atoms with Gasteiger partial charge >= 0.3 is 0 Å². The molecule has 334 valence electrons. The van der Waals surface area contributed by atoms with E-state index in [0.29, 0.717) is 0 Å². The van der Waals surface area contributed by atoms with Crippen LogP contribution < -0.4 is 98.3 Å². The van der Waals surface area contributed by atoms with Crippen molar-refractivity contribution in [3.8, 4) is 44.5 Å². The number of furan rings is 1. The maximum Gasteiger partial charge on any atom is 0.139 e. The van der Waals surface area contributed by atoms with Gasteiger partial charge in [0.05, 0.1) is 0 Å². The summed E-state index contributed by atoms with van der Waals surface area (Å²) in [5.74, 6) is 0. The fourth-order valence-electron chi connectivity index (χ4n) is 15.1. The molecule has 0 fully saturated rings. The molecular weight excluding hydrogens is 883 g/mol. The second-order valence-corrected chi connectivity index (χ2v) is 23.1. The molecule has 0 amide bonds. The van der Waals surface area contributed by atoms with Crippen LogP contribution in [0.1, 0.15) is 0 Å². The molecule has 0 aliphatic heterocycles. The smallest absolute Gasteiger partial charge is 0.139 e. The van der Waals surface area contributed by atoms with Crippen LogP contribution in [-0.4, -0.2) is 141 Å². The van der Waals surface area contributed by atoms with Crippen LogP contribution in [0.25, 0.3) is 131 Å². The van der Waals surface area contributed by atoms with Gasteiger partial charge in [-0.3, -0.25) is 0 Å². The monoisotopic (exact) mass is 937 g/mol. The molecule has 0 aliphatic carbocycles. The number of rotatable bonds is 4. The molecule has 0 aliphatic rings. The lowest BCUT2D eigenvalue weighted by Gasteiger charge is -2.31. The zero-order chi connectivity index (χ0) is 52.9. The molecule has 0 unspecified atom stereocenters. The van der Waals surface area contributed by atoms with Gasteiger partial charge in [-0.25, -0.2) is 0 Å². The lowest BCUT2D eigenvalue weighted by Crippen LogP contribution is -2.48. The maximum absolute atomic E-state index is 6.54. The van der Waals surface area contributed by atoms with Crippen LogP contribution in [0.2, 0.25) is 0 Å². The van der Waals surface area contributed by atoms with Gasteiger partial charge in [0, 0.05) is 10.8 Å². The summed E-state index contributed by atoms with van der Waals surface area (Å²) in [6.07, 6.45) is 0. The van der Waals surface area contributed by atoms with Gasteiger partial charge in [0.1, 0.15) is 152 Å². The van der Waals surface area contributed by atoms with Crippen LogP contribution in [-0.2, 0) is 0 Å². The molecule has 0 radical (unpaired) electrons. The average molecular weight is 934 g/mol. The Labute approximate surface area is 457 Å². The normalized spacial score (nSPS) is 12.2. The van der Waals surface area contributed by atoms with E-state index in [1.165, 1.54) is 207 Å². The molecule has 0 atom stereocenters. The Balaban J connectivity index is 1.30. The van der Waals surface area contributed by atoms with Gasteiger partial charge in [-0.15, -0.1) is 10.9 Å². The molecule has 0 N–H and O–H groups in total.